The molecule has 0 unspecified atom stereocenters. The lowest BCUT2D eigenvalue weighted by atomic mass is 10.2. The van der Waals surface area contributed by atoms with Gasteiger partial charge in [-0.1, -0.05) is 0 Å². The van der Waals surface area contributed by atoms with E-state index in [9.17, 15) is 0 Å². The number of aryl methyl sites for hydroxylation is 3. The Labute approximate surface area is 86.6 Å². The van der Waals surface area contributed by atoms with Gasteiger partial charge in [-0.25, -0.2) is 0 Å². The van der Waals surface area contributed by atoms with Gasteiger partial charge >= 0.3 is 0 Å². The summed E-state index contributed by atoms with van der Waals surface area (Å²) >= 11 is 5.01. The van der Waals surface area contributed by atoms with Crippen molar-refractivity contribution in [2.45, 2.75) is 13.8 Å². The Morgan fingerprint density at radius 2 is 2.21 bits per heavy atom. The first kappa shape index (κ1) is 9.21. The molecular formula is C9H11N3OS. The van der Waals surface area contributed by atoms with Crippen molar-refractivity contribution in [1.29, 1.82) is 0 Å². The maximum atomic E-state index is 5.41. The van der Waals surface area contributed by atoms with Crippen molar-refractivity contribution in [2.24, 2.45) is 7.05 Å². The summed E-state index contributed by atoms with van der Waals surface area (Å²) in [6, 6.07) is 1.95. The minimum absolute atomic E-state index is 0.540. The predicted octanol–water partition coefficient (Wildman–Crippen LogP) is 2.35. The molecule has 0 saturated carbocycles. The largest absolute Gasteiger partial charge is 0.466 e. The maximum absolute atomic E-state index is 5.41. The van der Waals surface area contributed by atoms with Crippen LogP contribution in [0.2, 0.25) is 0 Å². The number of rotatable bonds is 1. The lowest BCUT2D eigenvalue weighted by Crippen LogP contribution is -1.89. The van der Waals surface area contributed by atoms with E-state index in [4.69, 9.17) is 16.6 Å². The fourth-order valence-corrected chi connectivity index (χ4v) is 1.53. The molecule has 0 bridgehead atoms. The number of H-pyrrole nitrogens is 1. The third kappa shape index (κ3) is 1.39. The molecule has 0 aliphatic carbocycles. The van der Waals surface area contributed by atoms with Crippen LogP contribution in [0.15, 0.2) is 10.5 Å². The molecule has 5 heteroatoms. The summed E-state index contributed by atoms with van der Waals surface area (Å²) in [6.45, 7) is 3.82. The second kappa shape index (κ2) is 3.09. The molecular weight excluding hydrogens is 198 g/mol. The van der Waals surface area contributed by atoms with Gasteiger partial charge in [0.05, 0.1) is 5.56 Å². The smallest absolute Gasteiger partial charge is 0.216 e. The average molecular weight is 209 g/mol. The molecule has 0 amide bonds. The Hall–Kier alpha value is -1.36. The van der Waals surface area contributed by atoms with Gasteiger partial charge in [-0.2, -0.15) is 4.98 Å². The summed E-state index contributed by atoms with van der Waals surface area (Å²) in [7, 11) is 1.83. The number of nitrogens with one attached hydrogen (secondary N) is 1. The predicted molar refractivity (Wildman–Crippen MR) is 55.6 cm³/mol. The quantitative estimate of drug-likeness (QED) is 0.733. The monoisotopic (exact) mass is 209 g/mol. The van der Waals surface area contributed by atoms with Gasteiger partial charge in [-0.05, 0) is 32.1 Å². The van der Waals surface area contributed by atoms with Gasteiger partial charge in [0, 0.05) is 7.05 Å². The Bertz CT molecular complexity index is 520. The molecule has 0 saturated heterocycles. The molecule has 0 aromatic carbocycles. The van der Waals surface area contributed by atoms with E-state index in [1.165, 1.54) is 0 Å². The Kier molecular flexibility index (Phi) is 2.03. The van der Waals surface area contributed by atoms with E-state index in [2.05, 4.69) is 10.1 Å². The molecule has 1 N–H and O–H groups in total. The van der Waals surface area contributed by atoms with E-state index >= 15 is 0 Å². The highest BCUT2D eigenvalue weighted by molar-refractivity contribution is 7.71. The van der Waals surface area contributed by atoms with Crippen LogP contribution in [0.5, 0.6) is 0 Å². The summed E-state index contributed by atoms with van der Waals surface area (Å²) in [5, 5.41) is 3.06. The van der Waals surface area contributed by atoms with E-state index in [1.807, 2.05) is 27.0 Å². The minimum atomic E-state index is 0.540. The van der Waals surface area contributed by atoms with Crippen LogP contribution in [0.1, 0.15) is 11.5 Å². The molecule has 0 aliphatic rings. The average Bonchev–Trinajstić information content (AvgIpc) is 2.57. The molecule has 14 heavy (non-hydrogen) atoms. The van der Waals surface area contributed by atoms with Crippen LogP contribution in [0.25, 0.3) is 11.4 Å². The highest BCUT2D eigenvalue weighted by Crippen LogP contribution is 2.22. The molecule has 2 aromatic heterocycles. The van der Waals surface area contributed by atoms with Gasteiger partial charge in [-0.3, -0.25) is 9.78 Å². The van der Waals surface area contributed by atoms with Crippen LogP contribution in [-0.4, -0.2) is 14.8 Å². The number of hydrogen-bond acceptors (Lipinski definition) is 3. The minimum Gasteiger partial charge on any atom is -0.466 e. The van der Waals surface area contributed by atoms with Crippen molar-refractivity contribution < 1.29 is 4.42 Å². The van der Waals surface area contributed by atoms with Gasteiger partial charge in [-0.15, -0.1) is 0 Å². The van der Waals surface area contributed by atoms with Crippen LogP contribution in [0, 0.1) is 18.6 Å². The number of aromatic amines is 1. The van der Waals surface area contributed by atoms with Crippen LogP contribution < -0.4 is 0 Å². The summed E-state index contributed by atoms with van der Waals surface area (Å²) in [5.74, 6) is 2.49. The summed E-state index contributed by atoms with van der Waals surface area (Å²) < 4.78 is 7.66. The normalized spacial score (nSPS) is 10.8. The zero-order chi connectivity index (χ0) is 10.3. The second-order valence-corrected chi connectivity index (χ2v) is 3.61. The van der Waals surface area contributed by atoms with Crippen molar-refractivity contribution in [1.82, 2.24) is 14.8 Å². The fraction of sp³-hybridized carbons (Fsp3) is 0.333. The third-order valence-electron chi connectivity index (χ3n) is 2.06. The molecule has 2 heterocycles. The number of aromatic nitrogens is 3. The maximum Gasteiger partial charge on any atom is 0.216 e. The zero-order valence-electron chi connectivity index (χ0n) is 8.29. The first-order valence-electron chi connectivity index (χ1n) is 4.28. The SMILES string of the molecule is Cc1cc(-c2nc(=S)n(C)[nH]2)c(C)o1. The van der Waals surface area contributed by atoms with Gasteiger partial charge in [0.25, 0.3) is 0 Å². The van der Waals surface area contributed by atoms with E-state index in [1.54, 1.807) is 4.68 Å². The molecule has 74 valence electrons. The van der Waals surface area contributed by atoms with Crippen LogP contribution in [0.4, 0.5) is 0 Å². The van der Waals surface area contributed by atoms with Crippen molar-refractivity contribution in [3.63, 3.8) is 0 Å². The number of hydrogen-bond donors (Lipinski definition) is 1. The first-order chi connectivity index (χ1) is 6.58. The Morgan fingerprint density at radius 1 is 1.50 bits per heavy atom. The third-order valence-corrected chi connectivity index (χ3v) is 2.43. The summed E-state index contributed by atoms with van der Waals surface area (Å²) in [5.41, 5.74) is 0.967. The topological polar surface area (TPSA) is 46.8 Å². The Balaban J connectivity index is 2.59. The molecule has 0 aliphatic heterocycles. The van der Waals surface area contributed by atoms with Crippen LogP contribution >= 0.6 is 12.2 Å². The molecule has 2 rings (SSSR count). The molecule has 4 nitrogen and oxygen atoms in total. The van der Waals surface area contributed by atoms with Crippen molar-refractivity contribution in [3.05, 3.63) is 22.4 Å². The lowest BCUT2D eigenvalue weighted by Gasteiger charge is -1.91. The van der Waals surface area contributed by atoms with Gasteiger partial charge in [0.2, 0.25) is 4.77 Å². The van der Waals surface area contributed by atoms with E-state index in [-0.39, 0.29) is 0 Å². The van der Waals surface area contributed by atoms with Gasteiger partial charge < -0.3 is 4.42 Å². The molecule has 0 atom stereocenters. The van der Waals surface area contributed by atoms with E-state index < -0.39 is 0 Å². The molecule has 0 fully saturated rings. The molecule has 0 spiro atoms. The Morgan fingerprint density at radius 3 is 2.64 bits per heavy atom. The standard InChI is InChI=1S/C9H11N3OS/c1-5-4-7(6(2)13-5)8-10-9(14)12(3)11-8/h4H,1-3H3,(H,10,11,14). The highest BCUT2D eigenvalue weighted by atomic mass is 32.1. The van der Waals surface area contributed by atoms with Crippen molar-refractivity contribution in [2.75, 3.05) is 0 Å². The van der Waals surface area contributed by atoms with E-state index in [0.29, 0.717) is 4.77 Å². The second-order valence-electron chi connectivity index (χ2n) is 3.24. The summed E-state index contributed by atoms with van der Waals surface area (Å²) in [4.78, 5) is 4.22. The molecule has 2 aromatic rings. The lowest BCUT2D eigenvalue weighted by molar-refractivity contribution is 0.505. The van der Waals surface area contributed by atoms with Gasteiger partial charge in [0.1, 0.15) is 11.5 Å². The number of furan rings is 1. The first-order valence-corrected chi connectivity index (χ1v) is 4.69. The summed E-state index contributed by atoms with van der Waals surface area (Å²) in [6.07, 6.45) is 0. The van der Waals surface area contributed by atoms with Crippen LogP contribution in [0.3, 0.4) is 0 Å². The van der Waals surface area contributed by atoms with Crippen LogP contribution in [-0.2, 0) is 7.05 Å². The van der Waals surface area contributed by atoms with Crippen molar-refractivity contribution >= 4 is 12.2 Å². The fourth-order valence-electron chi connectivity index (χ4n) is 1.39. The highest BCUT2D eigenvalue weighted by Gasteiger charge is 2.10. The van der Waals surface area contributed by atoms with E-state index in [0.717, 1.165) is 22.9 Å². The van der Waals surface area contributed by atoms with Crippen molar-refractivity contribution in [3.8, 4) is 11.4 Å². The van der Waals surface area contributed by atoms with Gasteiger partial charge in [0.15, 0.2) is 5.82 Å². The molecule has 0 radical (unpaired) electrons. The number of nitrogens with zero attached hydrogens (tertiary/aromatic N) is 2. The zero-order valence-corrected chi connectivity index (χ0v) is 9.10.